The third-order valence-electron chi connectivity index (χ3n) is 6.68. The zero-order valence-corrected chi connectivity index (χ0v) is 23.1. The van der Waals surface area contributed by atoms with E-state index in [0.717, 1.165) is 42.6 Å². The molecule has 1 aliphatic rings. The third-order valence-corrected chi connectivity index (χ3v) is 8.82. The summed E-state index contributed by atoms with van der Waals surface area (Å²) in [6, 6.07) is 10.7. The molecule has 4 rings (SSSR count). The summed E-state index contributed by atoms with van der Waals surface area (Å²) < 4.78 is 1.98. The van der Waals surface area contributed by atoms with Crippen molar-refractivity contribution in [2.24, 2.45) is 5.92 Å². The van der Waals surface area contributed by atoms with Crippen molar-refractivity contribution in [3.05, 3.63) is 58.5 Å². The summed E-state index contributed by atoms with van der Waals surface area (Å²) in [5.41, 5.74) is 4.07. The number of aromatic nitrogens is 3. The lowest BCUT2D eigenvalue weighted by molar-refractivity contribution is -0.113. The molecular weight excluding hydrogens is 486 g/mol. The first-order valence-corrected chi connectivity index (χ1v) is 14.2. The number of amides is 1. The Balaban J connectivity index is 1.47. The van der Waals surface area contributed by atoms with Crippen molar-refractivity contribution in [1.82, 2.24) is 14.8 Å². The van der Waals surface area contributed by atoms with Crippen LogP contribution in [0.15, 0.2) is 42.1 Å². The number of nitrogens with zero attached hydrogens (tertiary/aromatic N) is 4. The third kappa shape index (κ3) is 5.58. The fourth-order valence-corrected chi connectivity index (χ4v) is 6.60. The highest BCUT2D eigenvalue weighted by Crippen LogP contribution is 2.40. The number of thioether (sulfide) groups is 1. The maximum Gasteiger partial charge on any atom is 0.235 e. The molecule has 1 aliphatic carbocycles. The molecule has 0 bridgehead atoms. The van der Waals surface area contributed by atoms with E-state index < -0.39 is 0 Å². The van der Waals surface area contributed by atoms with Gasteiger partial charge in [-0.3, -0.25) is 9.36 Å². The molecule has 1 N–H and O–H groups in total. The van der Waals surface area contributed by atoms with Crippen LogP contribution in [0.2, 0.25) is 0 Å². The Labute approximate surface area is 221 Å². The van der Waals surface area contributed by atoms with Gasteiger partial charge in [-0.15, -0.1) is 28.1 Å². The summed E-state index contributed by atoms with van der Waals surface area (Å²) in [6.07, 6.45) is 5.98. The minimum atomic E-state index is -0.147. The Bertz CT molecular complexity index is 1290. The second-order valence-electron chi connectivity index (χ2n) is 10.2. The summed E-state index contributed by atoms with van der Waals surface area (Å²) in [6.45, 7) is 13.2. The van der Waals surface area contributed by atoms with Gasteiger partial charge in [-0.25, -0.2) is 0 Å². The van der Waals surface area contributed by atoms with Gasteiger partial charge < -0.3 is 5.32 Å². The Morgan fingerprint density at radius 1 is 1.33 bits per heavy atom. The number of nitrogens with one attached hydrogen (secondary N) is 1. The fourth-order valence-electron chi connectivity index (χ4n) is 4.52. The molecular formula is C28H33N5OS2. The number of nitriles is 1. The van der Waals surface area contributed by atoms with E-state index in [2.05, 4.69) is 80.1 Å². The lowest BCUT2D eigenvalue weighted by Crippen LogP contribution is -2.15. The summed E-state index contributed by atoms with van der Waals surface area (Å²) in [7, 11) is 0. The minimum Gasteiger partial charge on any atom is -0.316 e. The lowest BCUT2D eigenvalue weighted by Gasteiger charge is -2.20. The predicted octanol–water partition coefficient (Wildman–Crippen LogP) is 6.61. The van der Waals surface area contributed by atoms with Crippen molar-refractivity contribution in [1.29, 1.82) is 5.26 Å². The second kappa shape index (κ2) is 11.0. The van der Waals surface area contributed by atoms with Crippen LogP contribution in [0.3, 0.4) is 0 Å². The molecule has 3 aromatic rings. The van der Waals surface area contributed by atoms with Crippen molar-refractivity contribution in [2.45, 2.75) is 70.5 Å². The highest BCUT2D eigenvalue weighted by Gasteiger charge is 2.26. The van der Waals surface area contributed by atoms with Gasteiger partial charge in [0.25, 0.3) is 0 Å². The molecule has 0 saturated carbocycles. The molecule has 0 fully saturated rings. The van der Waals surface area contributed by atoms with E-state index in [1.54, 1.807) is 17.4 Å². The van der Waals surface area contributed by atoms with Crippen LogP contribution in [-0.2, 0) is 29.6 Å². The molecule has 1 atom stereocenters. The van der Waals surface area contributed by atoms with E-state index in [0.29, 0.717) is 28.2 Å². The number of allylic oxidation sites excluding steroid dienone is 1. The summed E-state index contributed by atoms with van der Waals surface area (Å²) >= 11 is 2.90. The number of hydrogen-bond donors (Lipinski definition) is 1. The highest BCUT2D eigenvalue weighted by molar-refractivity contribution is 7.99. The topological polar surface area (TPSA) is 83.6 Å². The zero-order chi connectivity index (χ0) is 25.9. The maximum atomic E-state index is 12.9. The van der Waals surface area contributed by atoms with Crippen molar-refractivity contribution < 1.29 is 4.79 Å². The van der Waals surface area contributed by atoms with Crippen LogP contribution in [-0.4, -0.2) is 26.4 Å². The van der Waals surface area contributed by atoms with E-state index in [1.807, 2.05) is 4.57 Å². The number of rotatable bonds is 8. The van der Waals surface area contributed by atoms with Crippen LogP contribution in [0.1, 0.15) is 62.1 Å². The second-order valence-corrected chi connectivity index (χ2v) is 12.3. The molecule has 36 heavy (non-hydrogen) atoms. The standard InChI is InChI=1S/C28H33N5OS2/c1-6-14-33-25(19-9-11-20(12-10-19)28(3,4)5)31-32-27(33)35-17-24(34)30-26-22(16-29)21-13-8-18(7-2)15-23(21)36-26/h6,9-12,18H,1,7-8,13-15,17H2,2-5H3,(H,30,34). The normalized spacial score (nSPS) is 15.2. The summed E-state index contributed by atoms with van der Waals surface area (Å²) in [5.74, 6) is 1.45. The number of hydrogen-bond acceptors (Lipinski definition) is 6. The molecule has 2 aromatic heterocycles. The number of carbonyl (C=O) groups excluding carboxylic acids is 1. The van der Waals surface area contributed by atoms with Gasteiger partial charge in [-0.2, -0.15) is 5.26 Å². The number of carbonyl (C=O) groups is 1. The molecule has 2 heterocycles. The monoisotopic (exact) mass is 519 g/mol. The zero-order valence-electron chi connectivity index (χ0n) is 21.4. The number of thiophene rings is 1. The molecule has 1 amide bonds. The molecule has 0 aliphatic heterocycles. The van der Waals surface area contributed by atoms with Gasteiger partial charge in [0.05, 0.1) is 11.3 Å². The minimum absolute atomic E-state index is 0.0760. The van der Waals surface area contributed by atoms with E-state index in [1.165, 1.54) is 22.2 Å². The van der Waals surface area contributed by atoms with Crippen LogP contribution in [0, 0.1) is 17.2 Å². The molecule has 1 unspecified atom stereocenters. The molecule has 0 spiro atoms. The van der Waals surface area contributed by atoms with Gasteiger partial charge in [-0.05, 0) is 41.7 Å². The fraction of sp³-hybridized carbons (Fsp3) is 0.429. The van der Waals surface area contributed by atoms with Gasteiger partial charge in [0, 0.05) is 17.0 Å². The van der Waals surface area contributed by atoms with Crippen LogP contribution in [0.4, 0.5) is 5.00 Å². The quantitative estimate of drug-likeness (QED) is 0.267. The van der Waals surface area contributed by atoms with Crippen molar-refractivity contribution in [3.8, 4) is 17.5 Å². The summed E-state index contributed by atoms with van der Waals surface area (Å²) in [4.78, 5) is 14.1. The number of fused-ring (bicyclic) bond motifs is 1. The smallest absolute Gasteiger partial charge is 0.235 e. The first-order valence-electron chi connectivity index (χ1n) is 12.4. The van der Waals surface area contributed by atoms with E-state index in [-0.39, 0.29) is 17.1 Å². The summed E-state index contributed by atoms with van der Waals surface area (Å²) in [5, 5.41) is 22.9. The van der Waals surface area contributed by atoms with E-state index in [9.17, 15) is 10.1 Å². The maximum absolute atomic E-state index is 12.9. The van der Waals surface area contributed by atoms with Crippen molar-refractivity contribution >= 4 is 34.0 Å². The molecule has 0 saturated heterocycles. The number of benzene rings is 1. The predicted molar refractivity (Wildman–Crippen MR) is 149 cm³/mol. The Hall–Kier alpha value is -2.89. The molecule has 8 heteroatoms. The first-order chi connectivity index (χ1) is 17.2. The van der Waals surface area contributed by atoms with Gasteiger partial charge in [0.2, 0.25) is 5.91 Å². The average Bonchev–Trinajstić information content (AvgIpc) is 3.42. The van der Waals surface area contributed by atoms with Crippen molar-refractivity contribution in [2.75, 3.05) is 11.1 Å². The first kappa shape index (κ1) is 26.2. The Morgan fingerprint density at radius 2 is 2.08 bits per heavy atom. The average molecular weight is 520 g/mol. The van der Waals surface area contributed by atoms with Gasteiger partial charge in [0.15, 0.2) is 11.0 Å². The molecule has 1 aromatic carbocycles. The van der Waals surface area contributed by atoms with Crippen LogP contribution < -0.4 is 5.32 Å². The van der Waals surface area contributed by atoms with Gasteiger partial charge >= 0.3 is 0 Å². The Morgan fingerprint density at radius 3 is 2.72 bits per heavy atom. The SMILES string of the molecule is C=CCn1c(SCC(=O)Nc2sc3c(c2C#N)CCC(CC)C3)nnc1-c1ccc(C(C)(C)C)cc1. The van der Waals surface area contributed by atoms with Gasteiger partial charge in [0.1, 0.15) is 11.1 Å². The molecule has 6 nitrogen and oxygen atoms in total. The van der Waals surface area contributed by atoms with Crippen molar-refractivity contribution in [3.63, 3.8) is 0 Å². The molecule has 188 valence electrons. The lowest BCUT2D eigenvalue weighted by atomic mass is 9.86. The van der Waals surface area contributed by atoms with Crippen LogP contribution in [0.25, 0.3) is 11.4 Å². The Kier molecular flexibility index (Phi) is 8.01. The largest absolute Gasteiger partial charge is 0.316 e. The van der Waals surface area contributed by atoms with Crippen LogP contribution >= 0.6 is 23.1 Å². The molecule has 0 radical (unpaired) electrons. The highest BCUT2D eigenvalue weighted by atomic mass is 32.2. The van der Waals surface area contributed by atoms with Crippen LogP contribution in [0.5, 0.6) is 0 Å². The van der Waals surface area contributed by atoms with Gasteiger partial charge in [-0.1, -0.05) is 76.2 Å². The van der Waals surface area contributed by atoms with E-state index >= 15 is 0 Å². The number of anilines is 1. The van der Waals surface area contributed by atoms with E-state index in [4.69, 9.17) is 0 Å².